The molecule has 1 saturated heterocycles. The summed E-state index contributed by atoms with van der Waals surface area (Å²) in [5.74, 6) is -0.414. The first kappa shape index (κ1) is 19.8. The number of ether oxygens (including phenoxy) is 1. The van der Waals surface area contributed by atoms with Gasteiger partial charge in [0.15, 0.2) is 0 Å². The number of para-hydroxylation sites is 1. The SMILES string of the molecule is C=C1NC(=O)N[C@H](c2ccccc2OCCC)[C@H]1C(=O)Nc1cccc(Cl)c1. The van der Waals surface area contributed by atoms with Crippen LogP contribution < -0.4 is 20.7 Å². The second-order valence-electron chi connectivity index (χ2n) is 6.46. The van der Waals surface area contributed by atoms with E-state index in [9.17, 15) is 9.59 Å². The zero-order valence-corrected chi connectivity index (χ0v) is 16.3. The molecule has 1 aliphatic rings. The highest BCUT2D eigenvalue weighted by atomic mass is 35.5. The van der Waals surface area contributed by atoms with Crippen LogP contribution in [0.4, 0.5) is 10.5 Å². The van der Waals surface area contributed by atoms with E-state index in [4.69, 9.17) is 16.3 Å². The van der Waals surface area contributed by atoms with Gasteiger partial charge in [-0.15, -0.1) is 0 Å². The molecule has 3 N–H and O–H groups in total. The summed E-state index contributed by atoms with van der Waals surface area (Å²) >= 11 is 6.00. The third-order valence-electron chi connectivity index (χ3n) is 4.36. The monoisotopic (exact) mass is 399 g/mol. The molecule has 2 aromatic rings. The van der Waals surface area contributed by atoms with Crippen molar-refractivity contribution in [3.63, 3.8) is 0 Å². The number of urea groups is 1. The normalized spacial score (nSPS) is 18.8. The van der Waals surface area contributed by atoms with Crippen molar-refractivity contribution in [2.45, 2.75) is 19.4 Å². The van der Waals surface area contributed by atoms with Crippen molar-refractivity contribution in [3.8, 4) is 5.75 Å². The van der Waals surface area contributed by atoms with Gasteiger partial charge >= 0.3 is 6.03 Å². The molecule has 1 aliphatic heterocycles. The summed E-state index contributed by atoms with van der Waals surface area (Å²) in [5, 5.41) is 8.79. The van der Waals surface area contributed by atoms with E-state index >= 15 is 0 Å². The summed E-state index contributed by atoms with van der Waals surface area (Å²) in [6, 6.07) is 13.2. The van der Waals surface area contributed by atoms with Crippen LogP contribution in [-0.4, -0.2) is 18.5 Å². The Morgan fingerprint density at radius 2 is 2.04 bits per heavy atom. The average Bonchev–Trinajstić information content (AvgIpc) is 2.66. The Morgan fingerprint density at radius 1 is 1.25 bits per heavy atom. The standard InChI is InChI=1S/C21H22ClN3O3/c1-3-11-28-17-10-5-4-9-16(17)19-18(13(2)23-21(27)25-19)20(26)24-15-8-6-7-14(22)12-15/h4-10,12,18-19H,2-3,11H2,1H3,(H,24,26)(H2,23,25,27)/t18-,19+/m0/s1. The number of carbonyl (C=O) groups excluding carboxylic acids is 2. The second-order valence-corrected chi connectivity index (χ2v) is 6.90. The molecule has 0 spiro atoms. The highest BCUT2D eigenvalue weighted by Gasteiger charge is 2.39. The lowest BCUT2D eigenvalue weighted by Crippen LogP contribution is -2.51. The second kappa shape index (κ2) is 8.80. The van der Waals surface area contributed by atoms with Crippen LogP contribution in [0.25, 0.3) is 0 Å². The fourth-order valence-electron chi connectivity index (χ4n) is 3.12. The van der Waals surface area contributed by atoms with Crippen molar-refractivity contribution < 1.29 is 14.3 Å². The van der Waals surface area contributed by atoms with Gasteiger partial charge in [0.05, 0.1) is 12.6 Å². The molecule has 0 radical (unpaired) electrons. The molecule has 0 aromatic heterocycles. The molecule has 0 unspecified atom stereocenters. The fraction of sp³-hybridized carbons (Fsp3) is 0.238. The maximum Gasteiger partial charge on any atom is 0.319 e. The van der Waals surface area contributed by atoms with Crippen LogP contribution in [0.1, 0.15) is 24.9 Å². The van der Waals surface area contributed by atoms with Gasteiger partial charge in [0.25, 0.3) is 0 Å². The summed E-state index contributed by atoms with van der Waals surface area (Å²) in [6.07, 6.45) is 0.846. The number of halogens is 1. The maximum absolute atomic E-state index is 13.1. The van der Waals surface area contributed by atoms with Crippen LogP contribution in [0.2, 0.25) is 5.02 Å². The number of hydrogen-bond acceptors (Lipinski definition) is 3. The molecular weight excluding hydrogens is 378 g/mol. The summed E-state index contributed by atoms with van der Waals surface area (Å²) < 4.78 is 5.82. The molecule has 0 bridgehead atoms. The molecule has 28 heavy (non-hydrogen) atoms. The molecule has 1 heterocycles. The minimum Gasteiger partial charge on any atom is -0.493 e. The smallest absolute Gasteiger partial charge is 0.319 e. The van der Waals surface area contributed by atoms with E-state index in [0.29, 0.717) is 28.8 Å². The van der Waals surface area contributed by atoms with Gasteiger partial charge in [0, 0.05) is 22.0 Å². The Balaban J connectivity index is 1.92. The largest absolute Gasteiger partial charge is 0.493 e. The summed E-state index contributed by atoms with van der Waals surface area (Å²) in [5.41, 5.74) is 1.60. The van der Waals surface area contributed by atoms with Crippen LogP contribution in [0.15, 0.2) is 60.8 Å². The number of anilines is 1. The number of hydrogen-bond donors (Lipinski definition) is 3. The van der Waals surface area contributed by atoms with Gasteiger partial charge < -0.3 is 20.7 Å². The lowest BCUT2D eigenvalue weighted by Gasteiger charge is -2.34. The van der Waals surface area contributed by atoms with Crippen LogP contribution in [0.3, 0.4) is 0 Å². The minimum absolute atomic E-state index is 0.310. The first-order valence-corrected chi connectivity index (χ1v) is 9.42. The Kier molecular flexibility index (Phi) is 6.21. The average molecular weight is 400 g/mol. The highest BCUT2D eigenvalue weighted by Crippen LogP contribution is 2.35. The molecular formula is C21H22ClN3O3. The molecule has 1 fully saturated rings. The predicted octanol–water partition coefficient (Wildman–Crippen LogP) is 4.25. The lowest BCUT2D eigenvalue weighted by atomic mass is 9.87. The van der Waals surface area contributed by atoms with E-state index in [-0.39, 0.29) is 5.91 Å². The molecule has 0 saturated carbocycles. The number of nitrogens with one attached hydrogen (secondary N) is 3. The number of carbonyl (C=O) groups is 2. The molecule has 146 valence electrons. The molecule has 7 heteroatoms. The van der Waals surface area contributed by atoms with Gasteiger partial charge in [0.2, 0.25) is 5.91 Å². The van der Waals surface area contributed by atoms with E-state index in [1.165, 1.54) is 0 Å². The maximum atomic E-state index is 13.1. The van der Waals surface area contributed by atoms with Gasteiger partial charge in [-0.3, -0.25) is 4.79 Å². The molecule has 2 aromatic carbocycles. The zero-order valence-electron chi connectivity index (χ0n) is 15.5. The fourth-order valence-corrected chi connectivity index (χ4v) is 3.31. The Hall–Kier alpha value is -2.99. The van der Waals surface area contributed by atoms with E-state index in [1.54, 1.807) is 24.3 Å². The van der Waals surface area contributed by atoms with Crippen molar-refractivity contribution in [2.24, 2.45) is 5.92 Å². The summed E-state index contributed by atoms with van der Waals surface area (Å²) in [6.45, 7) is 6.44. The van der Waals surface area contributed by atoms with E-state index in [0.717, 1.165) is 12.0 Å². The van der Waals surface area contributed by atoms with Crippen molar-refractivity contribution in [1.29, 1.82) is 0 Å². The number of benzene rings is 2. The highest BCUT2D eigenvalue weighted by molar-refractivity contribution is 6.30. The van der Waals surface area contributed by atoms with Crippen molar-refractivity contribution in [3.05, 3.63) is 71.4 Å². The number of amides is 3. The van der Waals surface area contributed by atoms with Gasteiger partial charge in [-0.05, 0) is 30.7 Å². The predicted molar refractivity (Wildman–Crippen MR) is 109 cm³/mol. The minimum atomic E-state index is -0.733. The van der Waals surface area contributed by atoms with Crippen molar-refractivity contribution in [2.75, 3.05) is 11.9 Å². The Morgan fingerprint density at radius 3 is 2.79 bits per heavy atom. The zero-order chi connectivity index (χ0) is 20.1. The topological polar surface area (TPSA) is 79.5 Å². The van der Waals surface area contributed by atoms with Gasteiger partial charge in [-0.1, -0.05) is 49.4 Å². The van der Waals surface area contributed by atoms with Crippen LogP contribution >= 0.6 is 11.6 Å². The van der Waals surface area contributed by atoms with Crippen molar-refractivity contribution in [1.82, 2.24) is 10.6 Å². The van der Waals surface area contributed by atoms with Crippen LogP contribution in [0.5, 0.6) is 5.75 Å². The molecule has 3 amide bonds. The quantitative estimate of drug-likeness (QED) is 0.679. The Labute approximate surface area is 168 Å². The number of rotatable bonds is 6. The van der Waals surface area contributed by atoms with Gasteiger partial charge in [0.1, 0.15) is 11.7 Å². The summed E-state index contributed by atoms with van der Waals surface area (Å²) in [7, 11) is 0. The Bertz CT molecular complexity index is 900. The van der Waals surface area contributed by atoms with Crippen LogP contribution in [0, 0.1) is 5.92 Å². The van der Waals surface area contributed by atoms with E-state index < -0.39 is 18.0 Å². The molecule has 6 nitrogen and oxygen atoms in total. The third-order valence-corrected chi connectivity index (χ3v) is 4.59. The van der Waals surface area contributed by atoms with Crippen molar-refractivity contribution >= 4 is 29.2 Å². The first-order chi connectivity index (χ1) is 13.5. The third kappa shape index (κ3) is 4.46. The molecule has 3 rings (SSSR count). The van der Waals surface area contributed by atoms with Gasteiger partial charge in [-0.25, -0.2) is 4.79 Å². The van der Waals surface area contributed by atoms with Crippen LogP contribution in [-0.2, 0) is 4.79 Å². The molecule has 2 atom stereocenters. The molecule has 0 aliphatic carbocycles. The first-order valence-electron chi connectivity index (χ1n) is 9.04. The lowest BCUT2D eigenvalue weighted by molar-refractivity contribution is -0.119. The summed E-state index contributed by atoms with van der Waals surface area (Å²) in [4.78, 5) is 25.1. The van der Waals surface area contributed by atoms with E-state index in [2.05, 4.69) is 22.5 Å². The van der Waals surface area contributed by atoms with E-state index in [1.807, 2.05) is 31.2 Å². The van der Waals surface area contributed by atoms with Gasteiger partial charge in [-0.2, -0.15) is 0 Å².